The molecule has 0 aromatic carbocycles. The van der Waals surface area contributed by atoms with Gasteiger partial charge in [-0.1, -0.05) is 6.07 Å². The molecule has 3 heterocycles. The summed E-state index contributed by atoms with van der Waals surface area (Å²) in [5.41, 5.74) is -0.0467. The zero-order valence-electron chi connectivity index (χ0n) is 9.97. The molecule has 1 amide bonds. The summed E-state index contributed by atoms with van der Waals surface area (Å²) in [6.07, 6.45) is 0. The molecule has 100 valence electrons. The number of anilines is 1. The average molecular weight is 304 g/mol. The van der Waals surface area contributed by atoms with Gasteiger partial charge in [0.25, 0.3) is 5.56 Å². The molecule has 0 saturated heterocycles. The third-order valence-electron chi connectivity index (χ3n) is 3.14. The van der Waals surface area contributed by atoms with Gasteiger partial charge in [0.15, 0.2) is 4.77 Å². The van der Waals surface area contributed by atoms with Crippen LogP contribution in [-0.4, -0.2) is 15.9 Å². The van der Waals surface area contributed by atoms with Gasteiger partial charge in [0, 0.05) is 4.88 Å². The highest BCUT2D eigenvalue weighted by Crippen LogP contribution is 2.39. The van der Waals surface area contributed by atoms with Gasteiger partial charge in [0.1, 0.15) is 11.7 Å². The lowest BCUT2D eigenvalue weighted by Gasteiger charge is -2.27. The number of nitrogens with zero attached hydrogens (tertiary/aromatic N) is 1. The van der Waals surface area contributed by atoms with Crippen LogP contribution in [0.1, 0.15) is 16.4 Å². The summed E-state index contributed by atoms with van der Waals surface area (Å²) in [6, 6.07) is 5.60. The number of nitrogens with one attached hydrogen (secondary N) is 3. The van der Waals surface area contributed by atoms with Gasteiger partial charge in [-0.15, -0.1) is 11.3 Å². The van der Waals surface area contributed by atoms with Gasteiger partial charge >= 0.3 is 0 Å². The summed E-state index contributed by atoms with van der Waals surface area (Å²) < 4.78 is 0.134. The average Bonchev–Trinajstić information content (AvgIpc) is 2.90. The minimum absolute atomic E-state index is 0.134. The molecule has 1 aliphatic heterocycles. The lowest BCUT2D eigenvalue weighted by atomic mass is 9.83. The molecular weight excluding hydrogens is 296 g/mol. The van der Waals surface area contributed by atoms with Crippen LogP contribution in [0, 0.1) is 22.0 Å². The number of carbonyl (C=O) groups is 1. The molecule has 0 saturated carbocycles. The fourth-order valence-corrected chi connectivity index (χ4v) is 3.39. The van der Waals surface area contributed by atoms with Gasteiger partial charge in [-0.05, 0) is 23.7 Å². The monoisotopic (exact) mass is 304 g/mol. The van der Waals surface area contributed by atoms with Gasteiger partial charge in [0.05, 0.1) is 17.6 Å². The van der Waals surface area contributed by atoms with Crippen LogP contribution in [0.3, 0.4) is 0 Å². The number of nitriles is 1. The Morgan fingerprint density at radius 1 is 1.35 bits per heavy atom. The molecule has 0 fully saturated rings. The molecule has 20 heavy (non-hydrogen) atoms. The van der Waals surface area contributed by atoms with Crippen LogP contribution in [-0.2, 0) is 4.79 Å². The van der Waals surface area contributed by atoms with Crippen molar-refractivity contribution in [3.63, 3.8) is 0 Å². The lowest BCUT2D eigenvalue weighted by Crippen LogP contribution is -2.37. The number of aromatic amines is 2. The summed E-state index contributed by atoms with van der Waals surface area (Å²) in [7, 11) is 0. The van der Waals surface area contributed by atoms with E-state index in [1.54, 1.807) is 0 Å². The normalized spacial score (nSPS) is 20.9. The number of thiophene rings is 1. The first-order valence-electron chi connectivity index (χ1n) is 5.72. The number of carbonyl (C=O) groups excluding carboxylic acids is 1. The molecule has 0 aliphatic carbocycles. The Morgan fingerprint density at radius 2 is 2.15 bits per heavy atom. The Kier molecular flexibility index (Phi) is 3.00. The Hall–Kier alpha value is -2.24. The highest BCUT2D eigenvalue weighted by molar-refractivity contribution is 7.71. The van der Waals surface area contributed by atoms with E-state index in [2.05, 4.69) is 15.3 Å². The third-order valence-corrected chi connectivity index (χ3v) is 4.30. The SMILES string of the molecule is N#C[C@H]1C(=O)Nc2[nH]c(=S)[nH]c(=O)c2[C@@H]1c1cccs1. The number of aromatic nitrogens is 2. The van der Waals surface area contributed by atoms with Crippen molar-refractivity contribution in [2.45, 2.75) is 5.92 Å². The standard InChI is InChI=1S/C12H8N4O2S2/c13-4-5-7(6-2-1-3-20-6)8-9(14-10(5)17)15-12(19)16-11(8)18/h1-3,5,7H,(H3,14,15,16,17,18,19)/t5-,7+/m1/s1. The molecule has 1 aliphatic rings. The van der Waals surface area contributed by atoms with Crippen LogP contribution in [0.25, 0.3) is 0 Å². The van der Waals surface area contributed by atoms with Crippen LogP contribution >= 0.6 is 23.6 Å². The first-order valence-corrected chi connectivity index (χ1v) is 7.01. The van der Waals surface area contributed by atoms with Gasteiger partial charge in [-0.25, -0.2) is 0 Å². The van der Waals surface area contributed by atoms with E-state index < -0.39 is 17.7 Å². The molecule has 6 nitrogen and oxygen atoms in total. The largest absolute Gasteiger partial charge is 0.318 e. The van der Waals surface area contributed by atoms with E-state index in [1.807, 2.05) is 23.6 Å². The molecule has 2 aromatic heterocycles. The Labute approximate surface area is 122 Å². The van der Waals surface area contributed by atoms with Crippen molar-refractivity contribution >= 4 is 35.3 Å². The molecule has 0 bridgehead atoms. The Bertz CT molecular complexity index is 828. The van der Waals surface area contributed by atoms with Gasteiger partial charge in [-0.2, -0.15) is 5.26 Å². The van der Waals surface area contributed by atoms with Gasteiger partial charge < -0.3 is 10.3 Å². The maximum absolute atomic E-state index is 12.2. The molecule has 2 aromatic rings. The van der Waals surface area contributed by atoms with Gasteiger partial charge in [0.2, 0.25) is 5.91 Å². The smallest absolute Gasteiger partial charge is 0.257 e. The summed E-state index contributed by atoms with van der Waals surface area (Å²) in [5.74, 6) is -1.69. The fraction of sp³-hybridized carbons (Fsp3) is 0.167. The first-order chi connectivity index (χ1) is 9.61. The first kappa shape index (κ1) is 12.8. The van der Waals surface area contributed by atoms with E-state index in [1.165, 1.54) is 11.3 Å². The number of hydrogen-bond donors (Lipinski definition) is 3. The van der Waals surface area contributed by atoms with Crippen molar-refractivity contribution in [1.29, 1.82) is 5.26 Å². The summed E-state index contributed by atoms with van der Waals surface area (Å²) in [4.78, 5) is 30.2. The number of amides is 1. The molecular formula is C12H8N4O2S2. The minimum atomic E-state index is -0.938. The second kappa shape index (κ2) is 4.70. The van der Waals surface area contributed by atoms with E-state index >= 15 is 0 Å². The molecule has 8 heteroatoms. The fourth-order valence-electron chi connectivity index (χ4n) is 2.32. The highest BCUT2D eigenvalue weighted by atomic mass is 32.1. The van der Waals surface area contributed by atoms with Crippen molar-refractivity contribution in [2.24, 2.45) is 5.92 Å². The lowest BCUT2D eigenvalue weighted by molar-refractivity contribution is -0.119. The van der Waals surface area contributed by atoms with Crippen LogP contribution in [0.15, 0.2) is 22.3 Å². The predicted molar refractivity (Wildman–Crippen MR) is 76.1 cm³/mol. The quantitative estimate of drug-likeness (QED) is 0.698. The second-order valence-electron chi connectivity index (χ2n) is 4.29. The van der Waals surface area contributed by atoms with Crippen LogP contribution in [0.5, 0.6) is 0 Å². The van der Waals surface area contributed by atoms with E-state index in [4.69, 9.17) is 12.2 Å². The Balaban J connectivity index is 2.31. The van der Waals surface area contributed by atoms with Crippen molar-refractivity contribution in [2.75, 3.05) is 5.32 Å². The number of rotatable bonds is 1. The third kappa shape index (κ3) is 1.88. The van der Waals surface area contributed by atoms with Crippen LogP contribution in [0.4, 0.5) is 5.82 Å². The van der Waals surface area contributed by atoms with Crippen LogP contribution < -0.4 is 10.9 Å². The van der Waals surface area contributed by atoms with E-state index in [0.717, 1.165) is 4.88 Å². The molecule has 3 rings (SSSR count). The summed E-state index contributed by atoms with van der Waals surface area (Å²) in [6.45, 7) is 0. The zero-order chi connectivity index (χ0) is 14.3. The number of hydrogen-bond acceptors (Lipinski definition) is 5. The molecule has 0 radical (unpaired) electrons. The maximum Gasteiger partial charge on any atom is 0.257 e. The highest BCUT2D eigenvalue weighted by Gasteiger charge is 2.40. The van der Waals surface area contributed by atoms with E-state index in [-0.39, 0.29) is 16.1 Å². The minimum Gasteiger partial charge on any atom is -0.318 e. The molecule has 0 unspecified atom stereocenters. The predicted octanol–water partition coefficient (Wildman–Crippen LogP) is 1.72. The molecule has 2 atom stereocenters. The second-order valence-corrected chi connectivity index (χ2v) is 5.67. The topological polar surface area (TPSA) is 102 Å². The summed E-state index contributed by atoms with van der Waals surface area (Å²) >= 11 is 6.30. The van der Waals surface area contributed by atoms with E-state index in [9.17, 15) is 14.9 Å². The number of H-pyrrole nitrogens is 2. The number of fused-ring (bicyclic) bond motifs is 1. The zero-order valence-corrected chi connectivity index (χ0v) is 11.6. The van der Waals surface area contributed by atoms with Crippen molar-refractivity contribution < 1.29 is 4.79 Å². The van der Waals surface area contributed by atoms with Crippen molar-refractivity contribution in [3.8, 4) is 6.07 Å². The Morgan fingerprint density at radius 3 is 2.80 bits per heavy atom. The van der Waals surface area contributed by atoms with Crippen molar-refractivity contribution in [3.05, 3.63) is 43.1 Å². The van der Waals surface area contributed by atoms with Gasteiger partial charge in [-0.3, -0.25) is 14.6 Å². The maximum atomic E-state index is 12.2. The van der Waals surface area contributed by atoms with E-state index in [0.29, 0.717) is 5.56 Å². The van der Waals surface area contributed by atoms with Crippen molar-refractivity contribution in [1.82, 2.24) is 9.97 Å². The molecule has 0 spiro atoms. The summed E-state index contributed by atoms with van der Waals surface area (Å²) in [5, 5.41) is 13.6. The molecule has 3 N–H and O–H groups in total. The van der Waals surface area contributed by atoms with Crippen LogP contribution in [0.2, 0.25) is 0 Å².